The molecule has 1 atom stereocenters. The second-order valence-corrected chi connectivity index (χ2v) is 4.62. The van der Waals surface area contributed by atoms with Crippen molar-refractivity contribution in [1.82, 2.24) is 5.32 Å². The van der Waals surface area contributed by atoms with Crippen LogP contribution in [0.25, 0.3) is 0 Å². The zero-order valence-corrected chi connectivity index (χ0v) is 11.2. The van der Waals surface area contributed by atoms with Crippen molar-refractivity contribution < 1.29 is 24.2 Å². The van der Waals surface area contributed by atoms with E-state index < -0.39 is 17.9 Å². The molecule has 0 aliphatic carbocycles. The number of methoxy groups -OCH3 is 1. The molecule has 6 nitrogen and oxygen atoms in total. The Labute approximate surface area is 116 Å². The van der Waals surface area contributed by atoms with E-state index >= 15 is 0 Å². The van der Waals surface area contributed by atoms with Crippen LogP contribution in [0.3, 0.4) is 0 Å². The van der Waals surface area contributed by atoms with Crippen LogP contribution < -0.4 is 5.32 Å². The van der Waals surface area contributed by atoms with Crippen LogP contribution in [0.1, 0.15) is 27.9 Å². The van der Waals surface area contributed by atoms with Gasteiger partial charge in [-0.3, -0.25) is 4.79 Å². The molecule has 0 saturated carbocycles. The van der Waals surface area contributed by atoms with Crippen LogP contribution in [-0.2, 0) is 27.5 Å². The van der Waals surface area contributed by atoms with E-state index in [4.69, 9.17) is 14.6 Å². The number of carbonyl (C=O) groups is 2. The molecule has 20 heavy (non-hydrogen) atoms. The maximum absolute atomic E-state index is 12.1. The Bertz CT molecular complexity index is 514. The molecule has 0 aromatic heterocycles. The van der Waals surface area contributed by atoms with E-state index in [2.05, 4.69) is 5.32 Å². The Morgan fingerprint density at radius 1 is 1.40 bits per heavy atom. The predicted octanol–water partition coefficient (Wildman–Crippen LogP) is 0.936. The minimum Gasteiger partial charge on any atom is -0.480 e. The summed E-state index contributed by atoms with van der Waals surface area (Å²) in [5, 5.41) is 11.6. The number of carboxylic acid groups (broad SMARTS) is 1. The van der Waals surface area contributed by atoms with Crippen LogP contribution in [0.2, 0.25) is 0 Å². The van der Waals surface area contributed by atoms with E-state index in [0.29, 0.717) is 18.8 Å². The fourth-order valence-corrected chi connectivity index (χ4v) is 2.05. The highest BCUT2D eigenvalue weighted by molar-refractivity contribution is 5.96. The quantitative estimate of drug-likeness (QED) is 0.809. The zero-order valence-electron chi connectivity index (χ0n) is 11.2. The molecular formula is C14H17NO5. The molecule has 108 valence electrons. The average Bonchev–Trinajstić information content (AvgIpc) is 2.90. The number of carboxylic acids is 1. The second-order valence-electron chi connectivity index (χ2n) is 4.62. The van der Waals surface area contributed by atoms with Gasteiger partial charge in [-0.05, 0) is 23.3 Å². The Kier molecular flexibility index (Phi) is 4.70. The summed E-state index contributed by atoms with van der Waals surface area (Å²) in [6.07, 6.45) is 0.228. The Hall–Kier alpha value is -1.92. The number of benzene rings is 1. The van der Waals surface area contributed by atoms with Crippen molar-refractivity contribution in [3.63, 3.8) is 0 Å². The van der Waals surface area contributed by atoms with E-state index in [9.17, 15) is 9.59 Å². The van der Waals surface area contributed by atoms with Gasteiger partial charge >= 0.3 is 5.97 Å². The van der Waals surface area contributed by atoms with Crippen LogP contribution in [0.15, 0.2) is 18.2 Å². The number of hydrogen-bond acceptors (Lipinski definition) is 4. The minimum absolute atomic E-state index is 0.228. The molecular weight excluding hydrogens is 262 g/mol. The highest BCUT2D eigenvalue weighted by atomic mass is 16.5. The maximum Gasteiger partial charge on any atom is 0.326 e. The van der Waals surface area contributed by atoms with Gasteiger partial charge in [-0.15, -0.1) is 0 Å². The first-order valence-electron chi connectivity index (χ1n) is 6.34. The van der Waals surface area contributed by atoms with Crippen molar-refractivity contribution in [2.24, 2.45) is 0 Å². The molecule has 0 saturated heterocycles. The van der Waals surface area contributed by atoms with Gasteiger partial charge in [-0.25, -0.2) is 4.79 Å². The average molecular weight is 279 g/mol. The molecule has 0 spiro atoms. The summed E-state index contributed by atoms with van der Waals surface area (Å²) in [5.74, 6) is -1.47. The summed E-state index contributed by atoms with van der Waals surface area (Å²) in [6, 6.07) is 4.31. The van der Waals surface area contributed by atoms with Gasteiger partial charge < -0.3 is 19.9 Å². The van der Waals surface area contributed by atoms with Crippen molar-refractivity contribution in [2.45, 2.75) is 25.7 Å². The molecule has 1 aromatic rings. The van der Waals surface area contributed by atoms with Gasteiger partial charge in [0.15, 0.2) is 0 Å². The third kappa shape index (κ3) is 3.34. The number of amides is 1. The topological polar surface area (TPSA) is 84.9 Å². The first kappa shape index (κ1) is 14.5. The number of ether oxygens (including phenoxy) is 2. The molecule has 1 heterocycles. The van der Waals surface area contributed by atoms with E-state index in [0.717, 1.165) is 11.1 Å². The Morgan fingerprint density at radius 2 is 2.15 bits per heavy atom. The highest BCUT2D eigenvalue weighted by Gasteiger charge is 2.21. The van der Waals surface area contributed by atoms with Crippen LogP contribution in [0.5, 0.6) is 0 Å². The SMILES string of the molecule is COCCC(NC(=O)c1ccc2c(c1)COC2)C(=O)O. The van der Waals surface area contributed by atoms with Crippen LogP contribution in [0.4, 0.5) is 0 Å². The fourth-order valence-electron chi connectivity index (χ4n) is 2.05. The van der Waals surface area contributed by atoms with Crippen LogP contribution in [0, 0.1) is 0 Å². The zero-order chi connectivity index (χ0) is 14.5. The second kappa shape index (κ2) is 6.49. The summed E-state index contributed by atoms with van der Waals surface area (Å²) < 4.78 is 10.1. The standard InChI is InChI=1S/C14H17NO5/c1-19-5-4-12(14(17)18)15-13(16)9-2-3-10-7-20-8-11(10)6-9/h2-3,6,12H,4-5,7-8H2,1H3,(H,15,16)(H,17,18). The summed E-state index contributed by atoms with van der Waals surface area (Å²) in [6.45, 7) is 1.32. The van der Waals surface area contributed by atoms with Crippen LogP contribution in [-0.4, -0.2) is 36.7 Å². The lowest BCUT2D eigenvalue weighted by Crippen LogP contribution is -2.41. The number of hydrogen-bond donors (Lipinski definition) is 2. The number of nitrogens with one attached hydrogen (secondary N) is 1. The summed E-state index contributed by atoms with van der Waals surface area (Å²) in [4.78, 5) is 23.1. The highest BCUT2D eigenvalue weighted by Crippen LogP contribution is 2.20. The number of aliphatic carboxylic acids is 1. The Balaban J connectivity index is 2.04. The molecule has 2 rings (SSSR count). The van der Waals surface area contributed by atoms with Gasteiger partial charge in [0.25, 0.3) is 5.91 Å². The smallest absolute Gasteiger partial charge is 0.326 e. The van der Waals surface area contributed by atoms with Gasteiger partial charge in [-0.1, -0.05) is 6.07 Å². The molecule has 1 amide bonds. The number of rotatable bonds is 6. The van der Waals surface area contributed by atoms with Crippen molar-refractivity contribution in [1.29, 1.82) is 0 Å². The van der Waals surface area contributed by atoms with Gasteiger partial charge in [-0.2, -0.15) is 0 Å². The van der Waals surface area contributed by atoms with Gasteiger partial charge in [0.2, 0.25) is 0 Å². The summed E-state index contributed by atoms with van der Waals surface area (Å²) in [7, 11) is 1.49. The van der Waals surface area contributed by atoms with E-state index in [1.807, 2.05) is 6.07 Å². The lowest BCUT2D eigenvalue weighted by Gasteiger charge is -2.14. The van der Waals surface area contributed by atoms with Crippen molar-refractivity contribution in [3.05, 3.63) is 34.9 Å². The largest absolute Gasteiger partial charge is 0.480 e. The van der Waals surface area contributed by atoms with Crippen molar-refractivity contribution in [3.8, 4) is 0 Å². The van der Waals surface area contributed by atoms with Crippen LogP contribution >= 0.6 is 0 Å². The molecule has 1 unspecified atom stereocenters. The van der Waals surface area contributed by atoms with Crippen molar-refractivity contribution in [2.75, 3.05) is 13.7 Å². The lowest BCUT2D eigenvalue weighted by atomic mass is 10.1. The monoisotopic (exact) mass is 279 g/mol. The van der Waals surface area contributed by atoms with E-state index in [1.54, 1.807) is 12.1 Å². The Morgan fingerprint density at radius 3 is 2.85 bits per heavy atom. The van der Waals surface area contributed by atoms with Gasteiger partial charge in [0.1, 0.15) is 6.04 Å². The molecule has 2 N–H and O–H groups in total. The summed E-state index contributed by atoms with van der Waals surface area (Å²) in [5.41, 5.74) is 2.48. The third-order valence-corrected chi connectivity index (χ3v) is 3.20. The first-order valence-corrected chi connectivity index (χ1v) is 6.34. The molecule has 6 heteroatoms. The van der Waals surface area contributed by atoms with Crippen molar-refractivity contribution >= 4 is 11.9 Å². The number of carbonyl (C=O) groups excluding carboxylic acids is 1. The molecule has 0 fully saturated rings. The first-order chi connectivity index (χ1) is 9.61. The lowest BCUT2D eigenvalue weighted by molar-refractivity contribution is -0.139. The molecule has 1 aliphatic heterocycles. The summed E-state index contributed by atoms with van der Waals surface area (Å²) >= 11 is 0. The molecule has 1 aromatic carbocycles. The maximum atomic E-state index is 12.1. The normalized spacial score (nSPS) is 14.7. The fraction of sp³-hybridized carbons (Fsp3) is 0.429. The number of fused-ring (bicyclic) bond motifs is 1. The van der Waals surface area contributed by atoms with Gasteiger partial charge in [0.05, 0.1) is 13.2 Å². The van der Waals surface area contributed by atoms with Gasteiger partial charge in [0, 0.05) is 25.7 Å². The molecule has 0 bridgehead atoms. The predicted molar refractivity (Wildman–Crippen MR) is 70.3 cm³/mol. The third-order valence-electron chi connectivity index (χ3n) is 3.20. The molecule has 1 aliphatic rings. The van der Waals surface area contributed by atoms with E-state index in [1.165, 1.54) is 7.11 Å². The minimum atomic E-state index is -1.07. The molecule has 0 radical (unpaired) electrons. The van der Waals surface area contributed by atoms with E-state index in [-0.39, 0.29) is 13.0 Å².